The van der Waals surface area contributed by atoms with Crippen molar-refractivity contribution in [2.45, 2.75) is 51.1 Å². The number of aliphatic hydroxyl groups is 1. The molecule has 3 rings (SSSR count). The van der Waals surface area contributed by atoms with Crippen LogP contribution in [0.2, 0.25) is 0 Å². The van der Waals surface area contributed by atoms with Crippen molar-refractivity contribution in [3.8, 4) is 0 Å². The SMILES string of the molecule is CC(c1ccccc1)N1CC(C(=O)NC2CCCCC2CO)CC1=O. The molecule has 136 valence electrons. The third-order valence-electron chi connectivity index (χ3n) is 5.75. The van der Waals surface area contributed by atoms with E-state index in [4.69, 9.17) is 0 Å². The van der Waals surface area contributed by atoms with Crippen LogP contribution in [0.5, 0.6) is 0 Å². The van der Waals surface area contributed by atoms with Gasteiger partial charge in [-0.3, -0.25) is 9.59 Å². The fraction of sp³-hybridized carbons (Fsp3) is 0.600. The smallest absolute Gasteiger partial charge is 0.225 e. The average Bonchev–Trinajstić information content (AvgIpc) is 3.04. The molecule has 2 amide bonds. The molecule has 5 heteroatoms. The molecule has 2 N–H and O–H groups in total. The van der Waals surface area contributed by atoms with Crippen LogP contribution in [0.4, 0.5) is 0 Å². The molecule has 1 aliphatic heterocycles. The first-order valence-corrected chi connectivity index (χ1v) is 9.35. The van der Waals surface area contributed by atoms with Gasteiger partial charge < -0.3 is 15.3 Å². The van der Waals surface area contributed by atoms with Gasteiger partial charge in [-0.15, -0.1) is 0 Å². The predicted octanol–water partition coefficient (Wildman–Crippen LogP) is 2.26. The number of carbonyl (C=O) groups is 2. The normalized spacial score (nSPS) is 28.0. The van der Waals surface area contributed by atoms with Crippen molar-refractivity contribution < 1.29 is 14.7 Å². The second-order valence-corrected chi connectivity index (χ2v) is 7.38. The van der Waals surface area contributed by atoms with E-state index in [9.17, 15) is 14.7 Å². The molecule has 2 aliphatic rings. The van der Waals surface area contributed by atoms with Gasteiger partial charge in [-0.2, -0.15) is 0 Å². The fourth-order valence-corrected chi connectivity index (χ4v) is 4.11. The molecule has 1 aromatic rings. The van der Waals surface area contributed by atoms with Gasteiger partial charge >= 0.3 is 0 Å². The van der Waals surface area contributed by atoms with Crippen molar-refractivity contribution >= 4 is 11.8 Å². The summed E-state index contributed by atoms with van der Waals surface area (Å²) in [6.45, 7) is 2.60. The van der Waals surface area contributed by atoms with E-state index in [2.05, 4.69) is 5.32 Å². The van der Waals surface area contributed by atoms with E-state index in [1.165, 1.54) is 0 Å². The molecule has 4 unspecified atom stereocenters. The molecule has 2 fully saturated rings. The Labute approximate surface area is 149 Å². The number of likely N-dealkylation sites (tertiary alicyclic amines) is 1. The number of hydrogen-bond donors (Lipinski definition) is 2. The summed E-state index contributed by atoms with van der Waals surface area (Å²) >= 11 is 0. The highest BCUT2D eigenvalue weighted by Crippen LogP contribution is 2.29. The number of nitrogens with zero attached hydrogens (tertiary/aromatic N) is 1. The molecule has 4 atom stereocenters. The van der Waals surface area contributed by atoms with Crippen LogP contribution in [0.1, 0.15) is 50.6 Å². The summed E-state index contributed by atoms with van der Waals surface area (Å²) in [5, 5.41) is 12.6. The van der Waals surface area contributed by atoms with Crippen molar-refractivity contribution in [1.29, 1.82) is 0 Å². The summed E-state index contributed by atoms with van der Waals surface area (Å²) in [5.41, 5.74) is 1.09. The Balaban J connectivity index is 1.60. The van der Waals surface area contributed by atoms with Crippen molar-refractivity contribution in [2.24, 2.45) is 11.8 Å². The summed E-state index contributed by atoms with van der Waals surface area (Å²) in [4.78, 5) is 26.9. The Morgan fingerprint density at radius 3 is 2.72 bits per heavy atom. The molecule has 25 heavy (non-hydrogen) atoms. The number of benzene rings is 1. The van der Waals surface area contributed by atoms with Gasteiger partial charge in [0, 0.05) is 31.5 Å². The lowest BCUT2D eigenvalue weighted by Gasteiger charge is -2.31. The minimum atomic E-state index is -0.292. The maximum atomic E-state index is 12.7. The molecule has 1 aliphatic carbocycles. The Hall–Kier alpha value is -1.88. The van der Waals surface area contributed by atoms with E-state index in [0.29, 0.717) is 6.54 Å². The number of nitrogens with one attached hydrogen (secondary N) is 1. The molecule has 0 spiro atoms. The topological polar surface area (TPSA) is 69.6 Å². The molecular weight excluding hydrogens is 316 g/mol. The zero-order valence-corrected chi connectivity index (χ0v) is 14.9. The summed E-state index contributed by atoms with van der Waals surface area (Å²) in [6.07, 6.45) is 4.35. The summed E-state index contributed by atoms with van der Waals surface area (Å²) in [6, 6.07) is 9.94. The molecule has 0 bridgehead atoms. The van der Waals surface area contributed by atoms with Crippen LogP contribution in [-0.2, 0) is 9.59 Å². The Morgan fingerprint density at radius 2 is 2.00 bits per heavy atom. The van der Waals surface area contributed by atoms with Crippen LogP contribution in [0.25, 0.3) is 0 Å². The van der Waals surface area contributed by atoms with Crippen molar-refractivity contribution in [1.82, 2.24) is 10.2 Å². The van der Waals surface area contributed by atoms with Crippen LogP contribution in [0.15, 0.2) is 30.3 Å². The van der Waals surface area contributed by atoms with Crippen molar-refractivity contribution in [3.05, 3.63) is 35.9 Å². The summed E-state index contributed by atoms with van der Waals surface area (Å²) in [5.74, 6) is -0.144. The number of aliphatic hydroxyl groups excluding tert-OH is 1. The van der Waals surface area contributed by atoms with E-state index in [-0.39, 0.29) is 48.8 Å². The minimum absolute atomic E-state index is 0.0219. The van der Waals surface area contributed by atoms with Gasteiger partial charge in [0.05, 0.1) is 12.0 Å². The summed E-state index contributed by atoms with van der Waals surface area (Å²) < 4.78 is 0. The van der Waals surface area contributed by atoms with E-state index in [0.717, 1.165) is 31.2 Å². The van der Waals surface area contributed by atoms with Crippen LogP contribution in [0.3, 0.4) is 0 Å². The standard InChI is InChI=1S/C20H28N2O3/c1-14(15-7-3-2-4-8-15)22-12-17(11-19(22)24)20(25)21-18-10-6-5-9-16(18)13-23/h2-4,7-8,14,16-18,23H,5-6,9-13H2,1H3,(H,21,25). The van der Waals surface area contributed by atoms with E-state index < -0.39 is 0 Å². The Bertz CT molecular complexity index is 604. The third kappa shape index (κ3) is 4.03. The van der Waals surface area contributed by atoms with Crippen LogP contribution < -0.4 is 5.32 Å². The lowest BCUT2D eigenvalue weighted by Crippen LogP contribution is -2.46. The number of carbonyl (C=O) groups excluding carboxylic acids is 2. The van der Waals surface area contributed by atoms with Gasteiger partial charge in [-0.1, -0.05) is 43.2 Å². The van der Waals surface area contributed by atoms with Gasteiger partial charge in [0.1, 0.15) is 0 Å². The van der Waals surface area contributed by atoms with Gasteiger partial charge in [-0.05, 0) is 25.3 Å². The van der Waals surface area contributed by atoms with Gasteiger partial charge in [0.15, 0.2) is 0 Å². The zero-order valence-electron chi connectivity index (χ0n) is 14.9. The predicted molar refractivity (Wildman–Crippen MR) is 95.7 cm³/mol. The summed E-state index contributed by atoms with van der Waals surface area (Å²) in [7, 11) is 0. The quantitative estimate of drug-likeness (QED) is 0.861. The Kier molecular flexibility index (Phi) is 5.74. The third-order valence-corrected chi connectivity index (χ3v) is 5.75. The molecule has 1 saturated carbocycles. The maximum Gasteiger partial charge on any atom is 0.225 e. The highest BCUT2D eigenvalue weighted by Gasteiger charge is 2.38. The minimum Gasteiger partial charge on any atom is -0.396 e. The number of hydrogen-bond acceptors (Lipinski definition) is 3. The monoisotopic (exact) mass is 344 g/mol. The second kappa shape index (κ2) is 8.00. The molecule has 1 heterocycles. The van der Waals surface area contributed by atoms with Gasteiger partial charge in [-0.25, -0.2) is 0 Å². The zero-order chi connectivity index (χ0) is 17.8. The second-order valence-electron chi connectivity index (χ2n) is 7.38. The molecule has 0 aromatic heterocycles. The van der Waals surface area contributed by atoms with Gasteiger partial charge in [0.25, 0.3) is 0 Å². The maximum absolute atomic E-state index is 12.7. The molecule has 1 aromatic carbocycles. The number of rotatable bonds is 5. The van der Waals surface area contributed by atoms with Crippen LogP contribution in [0, 0.1) is 11.8 Å². The van der Waals surface area contributed by atoms with Crippen molar-refractivity contribution in [3.63, 3.8) is 0 Å². The lowest BCUT2D eigenvalue weighted by atomic mass is 9.84. The molecule has 5 nitrogen and oxygen atoms in total. The van der Waals surface area contributed by atoms with E-state index >= 15 is 0 Å². The lowest BCUT2D eigenvalue weighted by molar-refractivity contribution is -0.130. The van der Waals surface area contributed by atoms with Gasteiger partial charge in [0.2, 0.25) is 11.8 Å². The highest BCUT2D eigenvalue weighted by molar-refractivity contribution is 5.89. The first kappa shape index (κ1) is 17.9. The van der Waals surface area contributed by atoms with E-state index in [1.54, 1.807) is 0 Å². The average molecular weight is 344 g/mol. The molecule has 1 saturated heterocycles. The van der Waals surface area contributed by atoms with E-state index in [1.807, 2.05) is 42.2 Å². The largest absolute Gasteiger partial charge is 0.396 e. The molecular formula is C20H28N2O3. The first-order valence-electron chi connectivity index (χ1n) is 9.35. The van der Waals surface area contributed by atoms with Crippen molar-refractivity contribution in [2.75, 3.05) is 13.2 Å². The fourth-order valence-electron chi connectivity index (χ4n) is 4.11. The number of amides is 2. The Morgan fingerprint density at radius 1 is 1.28 bits per heavy atom. The first-order chi connectivity index (χ1) is 12.1. The highest BCUT2D eigenvalue weighted by atomic mass is 16.3. The molecule has 0 radical (unpaired) electrons. The van der Waals surface area contributed by atoms with Crippen LogP contribution >= 0.6 is 0 Å². The van der Waals surface area contributed by atoms with Crippen LogP contribution in [-0.4, -0.2) is 41.0 Å².